The van der Waals surface area contributed by atoms with Crippen molar-refractivity contribution in [3.63, 3.8) is 0 Å². The topological polar surface area (TPSA) is 103 Å². The van der Waals surface area contributed by atoms with Gasteiger partial charge in [-0.2, -0.15) is 4.98 Å². The number of carbonyl (C=O) groups is 1. The predicted molar refractivity (Wildman–Crippen MR) is 122 cm³/mol. The summed E-state index contributed by atoms with van der Waals surface area (Å²) in [6, 6.07) is 16.4. The molecule has 0 spiro atoms. The van der Waals surface area contributed by atoms with Gasteiger partial charge in [-0.15, -0.1) is 11.3 Å². The van der Waals surface area contributed by atoms with E-state index >= 15 is 0 Å². The molecule has 3 heterocycles. The van der Waals surface area contributed by atoms with Crippen molar-refractivity contribution >= 4 is 27.5 Å². The highest BCUT2D eigenvalue weighted by molar-refractivity contribution is 7.19. The lowest BCUT2D eigenvalue weighted by atomic mass is 10.0. The summed E-state index contributed by atoms with van der Waals surface area (Å²) in [5.74, 6) is 0.471. The second kappa shape index (κ2) is 7.86. The van der Waals surface area contributed by atoms with Gasteiger partial charge >= 0.3 is 0 Å². The maximum Gasteiger partial charge on any atom is 0.281 e. The maximum atomic E-state index is 13.2. The zero-order valence-electron chi connectivity index (χ0n) is 17.2. The average molecular weight is 443 g/mol. The molecule has 0 atom stereocenters. The van der Waals surface area contributed by atoms with E-state index in [1.807, 2.05) is 37.3 Å². The lowest BCUT2D eigenvalue weighted by molar-refractivity contribution is 0.101. The van der Waals surface area contributed by atoms with Gasteiger partial charge in [0.1, 0.15) is 11.2 Å². The number of fused-ring (bicyclic) bond motifs is 1. The van der Waals surface area contributed by atoms with Crippen LogP contribution in [0.2, 0.25) is 0 Å². The van der Waals surface area contributed by atoms with E-state index in [4.69, 9.17) is 4.52 Å². The minimum atomic E-state index is -0.435. The largest absolute Gasteiger partial charge is 0.334 e. The summed E-state index contributed by atoms with van der Waals surface area (Å²) in [6.45, 7) is 3.69. The number of amides is 1. The number of nitrogens with one attached hydrogen (secondary N) is 1. The van der Waals surface area contributed by atoms with E-state index in [9.17, 15) is 9.59 Å². The molecule has 8 nitrogen and oxygen atoms in total. The third-order valence-corrected chi connectivity index (χ3v) is 6.01. The van der Waals surface area contributed by atoms with Crippen molar-refractivity contribution in [3.05, 3.63) is 87.5 Å². The van der Waals surface area contributed by atoms with Crippen LogP contribution in [0.25, 0.3) is 32.8 Å². The van der Waals surface area contributed by atoms with E-state index in [-0.39, 0.29) is 5.56 Å². The summed E-state index contributed by atoms with van der Waals surface area (Å²) in [5, 5.41) is 4.25. The number of thiophene rings is 1. The van der Waals surface area contributed by atoms with Gasteiger partial charge in [-0.25, -0.2) is 9.66 Å². The Hall–Kier alpha value is -4.11. The Morgan fingerprint density at radius 2 is 1.78 bits per heavy atom. The third-order valence-electron chi connectivity index (χ3n) is 4.99. The maximum absolute atomic E-state index is 13.2. The molecule has 0 radical (unpaired) electrons. The number of rotatable bonds is 4. The van der Waals surface area contributed by atoms with Crippen molar-refractivity contribution in [1.82, 2.24) is 19.8 Å². The standard InChI is InChI=1S/C23H17N5O3S/c1-13-18(15-6-4-3-5-7-15)19-22(32-13)24-12-28(23(19)30)26-20(29)16-8-10-17(11-9-16)21-25-14(2)27-31-21/h3-12H,1-2H3,(H,26,29). The Bertz CT molecular complexity index is 1500. The Balaban J connectivity index is 1.47. The van der Waals surface area contributed by atoms with Gasteiger partial charge in [0.05, 0.1) is 5.39 Å². The summed E-state index contributed by atoms with van der Waals surface area (Å²) in [6.07, 6.45) is 1.34. The summed E-state index contributed by atoms with van der Waals surface area (Å²) in [4.78, 5) is 36.2. The van der Waals surface area contributed by atoms with Crippen molar-refractivity contribution in [1.29, 1.82) is 0 Å². The number of aryl methyl sites for hydroxylation is 2. The second-order valence-electron chi connectivity index (χ2n) is 7.16. The van der Waals surface area contributed by atoms with Gasteiger partial charge < -0.3 is 4.52 Å². The van der Waals surface area contributed by atoms with Crippen LogP contribution in [0.4, 0.5) is 0 Å². The molecule has 5 rings (SSSR count). The van der Waals surface area contributed by atoms with Gasteiger partial charge in [-0.3, -0.25) is 15.0 Å². The Morgan fingerprint density at radius 3 is 2.47 bits per heavy atom. The van der Waals surface area contributed by atoms with Crippen LogP contribution in [0, 0.1) is 13.8 Å². The smallest absolute Gasteiger partial charge is 0.281 e. The number of hydrogen-bond donors (Lipinski definition) is 1. The minimum absolute atomic E-state index is 0.329. The summed E-state index contributed by atoms with van der Waals surface area (Å²) in [5.41, 5.74) is 5.15. The first-order valence-corrected chi connectivity index (χ1v) is 10.6. The van der Waals surface area contributed by atoms with Crippen LogP contribution < -0.4 is 11.0 Å². The molecular formula is C23H17N5O3S. The van der Waals surface area contributed by atoms with Gasteiger partial charge in [0.2, 0.25) is 0 Å². The molecule has 0 aliphatic rings. The molecule has 1 N–H and O–H groups in total. The zero-order valence-corrected chi connectivity index (χ0v) is 18.0. The minimum Gasteiger partial charge on any atom is -0.334 e. The third kappa shape index (κ3) is 3.48. The van der Waals surface area contributed by atoms with Gasteiger partial charge in [-0.05, 0) is 43.7 Å². The molecule has 0 fully saturated rings. The van der Waals surface area contributed by atoms with Crippen molar-refractivity contribution in [2.45, 2.75) is 13.8 Å². The average Bonchev–Trinajstić information content (AvgIpc) is 3.39. The van der Waals surface area contributed by atoms with Crippen molar-refractivity contribution < 1.29 is 9.32 Å². The molecule has 0 unspecified atom stereocenters. The summed E-state index contributed by atoms with van der Waals surface area (Å²) < 4.78 is 6.26. The molecule has 5 aromatic rings. The van der Waals surface area contributed by atoms with E-state index in [1.54, 1.807) is 31.2 Å². The van der Waals surface area contributed by atoms with E-state index in [0.29, 0.717) is 33.1 Å². The lowest BCUT2D eigenvalue weighted by Crippen LogP contribution is -2.33. The molecule has 2 aromatic carbocycles. The van der Waals surface area contributed by atoms with E-state index in [0.717, 1.165) is 20.7 Å². The van der Waals surface area contributed by atoms with E-state index in [1.165, 1.54) is 17.7 Å². The number of carbonyl (C=O) groups excluding carboxylic acids is 1. The highest BCUT2D eigenvalue weighted by Crippen LogP contribution is 2.35. The Labute approximate surface area is 186 Å². The predicted octanol–water partition coefficient (Wildman–Crippen LogP) is 4.18. The molecule has 9 heteroatoms. The highest BCUT2D eigenvalue weighted by atomic mass is 32.1. The van der Waals surface area contributed by atoms with Crippen molar-refractivity contribution in [2.75, 3.05) is 5.43 Å². The fourth-order valence-electron chi connectivity index (χ4n) is 3.49. The normalized spacial score (nSPS) is 11.1. The monoisotopic (exact) mass is 443 g/mol. The SMILES string of the molecule is Cc1noc(-c2ccc(C(=O)Nn3cnc4sc(C)c(-c5ccccc5)c4c3=O)cc2)n1. The first-order valence-electron chi connectivity index (χ1n) is 9.79. The van der Waals surface area contributed by atoms with Crippen LogP contribution in [-0.2, 0) is 0 Å². The number of hydrogen-bond acceptors (Lipinski definition) is 7. The van der Waals surface area contributed by atoms with E-state index < -0.39 is 5.91 Å². The van der Waals surface area contributed by atoms with Crippen LogP contribution >= 0.6 is 11.3 Å². The van der Waals surface area contributed by atoms with Crippen molar-refractivity contribution in [3.8, 4) is 22.6 Å². The lowest BCUT2D eigenvalue weighted by Gasteiger charge is -2.09. The fraction of sp³-hybridized carbons (Fsp3) is 0.0870. The van der Waals surface area contributed by atoms with E-state index in [2.05, 4.69) is 20.6 Å². The molecule has 0 saturated carbocycles. The van der Waals surface area contributed by atoms with Gasteiger partial charge in [0.15, 0.2) is 5.82 Å². The van der Waals surface area contributed by atoms with Crippen LogP contribution in [0.3, 0.4) is 0 Å². The van der Waals surface area contributed by atoms with Crippen LogP contribution in [-0.4, -0.2) is 25.7 Å². The first kappa shape index (κ1) is 19.8. The van der Waals surface area contributed by atoms with Crippen LogP contribution in [0.1, 0.15) is 21.1 Å². The fourth-order valence-corrected chi connectivity index (χ4v) is 4.49. The molecule has 0 bridgehead atoms. The molecule has 0 aliphatic carbocycles. The number of aromatic nitrogens is 4. The number of benzene rings is 2. The van der Waals surface area contributed by atoms with Gasteiger partial charge in [-0.1, -0.05) is 35.5 Å². The molecule has 158 valence electrons. The molecule has 32 heavy (non-hydrogen) atoms. The van der Waals surface area contributed by atoms with Crippen LogP contribution in [0.5, 0.6) is 0 Å². The molecule has 0 saturated heterocycles. The molecular weight excluding hydrogens is 426 g/mol. The second-order valence-corrected chi connectivity index (χ2v) is 8.37. The summed E-state index contributed by atoms with van der Waals surface area (Å²) >= 11 is 1.46. The highest BCUT2D eigenvalue weighted by Gasteiger charge is 2.18. The Morgan fingerprint density at radius 1 is 1.03 bits per heavy atom. The van der Waals surface area contributed by atoms with Gasteiger partial charge in [0, 0.05) is 21.6 Å². The Kier molecular flexibility index (Phi) is 4.87. The van der Waals surface area contributed by atoms with Gasteiger partial charge in [0.25, 0.3) is 17.4 Å². The first-order chi connectivity index (χ1) is 15.5. The molecule has 1 amide bonds. The molecule has 0 aliphatic heterocycles. The van der Waals surface area contributed by atoms with Crippen LogP contribution in [0.15, 0.2) is 70.2 Å². The molecule has 3 aromatic heterocycles. The summed E-state index contributed by atoms with van der Waals surface area (Å²) in [7, 11) is 0. The van der Waals surface area contributed by atoms with Crippen molar-refractivity contribution in [2.24, 2.45) is 0 Å². The quantitative estimate of drug-likeness (QED) is 0.447. The zero-order chi connectivity index (χ0) is 22.2. The number of nitrogens with zero attached hydrogens (tertiary/aromatic N) is 4.